The van der Waals surface area contributed by atoms with Gasteiger partial charge in [0.25, 0.3) is 0 Å². The number of hydrogen-bond acceptors (Lipinski definition) is 2. The Labute approximate surface area is 129 Å². The van der Waals surface area contributed by atoms with Crippen molar-refractivity contribution in [2.45, 2.75) is 65.1 Å². The van der Waals surface area contributed by atoms with Gasteiger partial charge in [-0.15, -0.1) is 0 Å². The molecule has 1 fully saturated rings. The molecule has 0 spiro atoms. The minimum atomic E-state index is -0.280. The van der Waals surface area contributed by atoms with Gasteiger partial charge in [-0.2, -0.15) is 0 Å². The van der Waals surface area contributed by atoms with Gasteiger partial charge in [-0.1, -0.05) is 57.1 Å². The van der Waals surface area contributed by atoms with Gasteiger partial charge < -0.3 is 9.31 Å². The van der Waals surface area contributed by atoms with Gasteiger partial charge >= 0.3 is 7.12 Å². The van der Waals surface area contributed by atoms with Crippen LogP contribution in [0.2, 0.25) is 0 Å². The van der Waals surface area contributed by atoms with E-state index >= 15 is 0 Å². The van der Waals surface area contributed by atoms with Crippen LogP contribution in [0.5, 0.6) is 0 Å². The highest BCUT2D eigenvalue weighted by molar-refractivity contribution is 6.52. The summed E-state index contributed by atoms with van der Waals surface area (Å²) in [7, 11) is -0.280. The van der Waals surface area contributed by atoms with E-state index in [1.165, 1.54) is 5.56 Å². The third-order valence-corrected chi connectivity index (χ3v) is 4.49. The van der Waals surface area contributed by atoms with Gasteiger partial charge in [0.1, 0.15) is 0 Å². The fourth-order valence-corrected chi connectivity index (χ4v) is 2.25. The lowest BCUT2D eigenvalue weighted by atomic mass is 9.86. The van der Waals surface area contributed by atoms with Gasteiger partial charge in [0.05, 0.1) is 11.2 Å². The molecule has 0 N–H and O–H groups in total. The van der Waals surface area contributed by atoms with Crippen molar-refractivity contribution in [1.82, 2.24) is 0 Å². The Balaban J connectivity index is 2.06. The van der Waals surface area contributed by atoms with Crippen molar-refractivity contribution in [3.8, 4) is 0 Å². The standard InChI is InChI=1S/C18H27BO2/c1-16(2,3)15-10-8-14(9-11-15)12-13-19-20-17(4,5)18(6,7)21-19/h8-13H,1-7H3/b13-12+. The molecule has 0 aromatic heterocycles. The summed E-state index contributed by atoms with van der Waals surface area (Å²) in [5.74, 6) is 1.99. The van der Waals surface area contributed by atoms with Crippen LogP contribution in [0.25, 0.3) is 6.08 Å². The van der Waals surface area contributed by atoms with E-state index in [2.05, 4.69) is 78.8 Å². The highest BCUT2D eigenvalue weighted by Gasteiger charge is 2.49. The lowest BCUT2D eigenvalue weighted by Gasteiger charge is -2.32. The van der Waals surface area contributed by atoms with E-state index in [1.807, 2.05) is 5.98 Å². The van der Waals surface area contributed by atoms with E-state index < -0.39 is 0 Å². The summed E-state index contributed by atoms with van der Waals surface area (Å²) in [4.78, 5) is 0. The third kappa shape index (κ3) is 3.59. The van der Waals surface area contributed by atoms with E-state index in [-0.39, 0.29) is 23.7 Å². The zero-order chi connectivity index (χ0) is 15.9. The normalized spacial score (nSPS) is 21.2. The summed E-state index contributed by atoms with van der Waals surface area (Å²) < 4.78 is 11.9. The van der Waals surface area contributed by atoms with E-state index in [9.17, 15) is 0 Å². The van der Waals surface area contributed by atoms with Crippen LogP contribution >= 0.6 is 0 Å². The minimum Gasteiger partial charge on any atom is -0.400 e. The van der Waals surface area contributed by atoms with Crippen LogP contribution in [0.1, 0.15) is 59.6 Å². The molecule has 1 aromatic carbocycles. The molecule has 0 unspecified atom stereocenters. The van der Waals surface area contributed by atoms with Crippen molar-refractivity contribution in [2.24, 2.45) is 0 Å². The van der Waals surface area contributed by atoms with Crippen LogP contribution in [-0.2, 0) is 14.7 Å². The van der Waals surface area contributed by atoms with Crippen molar-refractivity contribution in [1.29, 1.82) is 0 Å². The van der Waals surface area contributed by atoms with Crippen molar-refractivity contribution < 1.29 is 9.31 Å². The summed E-state index contributed by atoms with van der Waals surface area (Å²) in [6.07, 6.45) is 2.06. The molecule has 21 heavy (non-hydrogen) atoms. The van der Waals surface area contributed by atoms with Crippen LogP contribution in [0, 0.1) is 0 Å². The SMILES string of the molecule is CC(C)(C)c1ccc(/C=C/B2OC(C)(C)C(C)(C)O2)cc1. The highest BCUT2D eigenvalue weighted by Crippen LogP contribution is 2.37. The number of hydrogen-bond donors (Lipinski definition) is 0. The smallest absolute Gasteiger partial charge is 0.400 e. The molecule has 0 bridgehead atoms. The summed E-state index contributed by atoms with van der Waals surface area (Å²) in [6, 6.07) is 8.65. The van der Waals surface area contributed by atoms with Crippen LogP contribution in [0.4, 0.5) is 0 Å². The Morgan fingerprint density at radius 2 is 1.38 bits per heavy atom. The molecule has 0 atom stereocenters. The fourth-order valence-electron chi connectivity index (χ4n) is 2.25. The first kappa shape index (κ1) is 16.3. The van der Waals surface area contributed by atoms with Crippen LogP contribution in [-0.4, -0.2) is 18.3 Å². The van der Waals surface area contributed by atoms with Gasteiger partial charge in [-0.3, -0.25) is 0 Å². The third-order valence-electron chi connectivity index (χ3n) is 4.49. The van der Waals surface area contributed by atoms with Gasteiger partial charge in [0.2, 0.25) is 0 Å². The number of benzene rings is 1. The second-order valence-electron chi connectivity index (χ2n) is 7.86. The first-order valence-corrected chi connectivity index (χ1v) is 7.66. The van der Waals surface area contributed by atoms with Crippen molar-refractivity contribution in [2.75, 3.05) is 0 Å². The highest BCUT2D eigenvalue weighted by atomic mass is 16.7. The monoisotopic (exact) mass is 286 g/mol. The summed E-state index contributed by atoms with van der Waals surface area (Å²) >= 11 is 0. The van der Waals surface area contributed by atoms with Crippen molar-refractivity contribution >= 4 is 13.2 Å². The minimum absolute atomic E-state index is 0.188. The maximum Gasteiger partial charge on any atom is 0.487 e. The van der Waals surface area contributed by atoms with E-state index in [0.29, 0.717) is 0 Å². The Kier molecular flexibility index (Phi) is 4.11. The molecule has 114 valence electrons. The number of rotatable bonds is 2. The second kappa shape index (κ2) is 5.29. The van der Waals surface area contributed by atoms with Crippen molar-refractivity contribution in [3.63, 3.8) is 0 Å². The molecule has 0 amide bonds. The average molecular weight is 286 g/mol. The molecule has 1 aliphatic rings. The molecule has 0 aliphatic carbocycles. The van der Waals surface area contributed by atoms with Gasteiger partial charge in [-0.05, 0) is 44.2 Å². The molecular formula is C18H27BO2. The quantitative estimate of drug-likeness (QED) is 0.738. The van der Waals surface area contributed by atoms with Crippen LogP contribution < -0.4 is 0 Å². The Morgan fingerprint density at radius 1 is 0.905 bits per heavy atom. The zero-order valence-corrected chi connectivity index (χ0v) is 14.4. The van der Waals surface area contributed by atoms with E-state index in [1.54, 1.807) is 0 Å². The van der Waals surface area contributed by atoms with Gasteiger partial charge in [0, 0.05) is 0 Å². The van der Waals surface area contributed by atoms with E-state index in [0.717, 1.165) is 5.56 Å². The first-order chi connectivity index (χ1) is 9.51. The Morgan fingerprint density at radius 3 is 1.81 bits per heavy atom. The van der Waals surface area contributed by atoms with Crippen molar-refractivity contribution in [3.05, 3.63) is 41.4 Å². The molecule has 1 heterocycles. The van der Waals surface area contributed by atoms with Gasteiger partial charge in [-0.25, -0.2) is 0 Å². The topological polar surface area (TPSA) is 18.5 Å². The average Bonchev–Trinajstić information content (AvgIpc) is 2.55. The summed E-state index contributed by atoms with van der Waals surface area (Å²) in [5.41, 5.74) is 2.14. The maximum atomic E-state index is 5.95. The predicted molar refractivity (Wildman–Crippen MR) is 90.3 cm³/mol. The second-order valence-corrected chi connectivity index (χ2v) is 7.86. The molecule has 0 radical (unpaired) electrons. The molecule has 2 nitrogen and oxygen atoms in total. The van der Waals surface area contributed by atoms with Crippen LogP contribution in [0.15, 0.2) is 30.2 Å². The fraction of sp³-hybridized carbons (Fsp3) is 0.556. The van der Waals surface area contributed by atoms with Crippen LogP contribution in [0.3, 0.4) is 0 Å². The molecule has 0 saturated carbocycles. The molecule has 3 heteroatoms. The molecule has 1 saturated heterocycles. The summed E-state index contributed by atoms with van der Waals surface area (Å²) in [5, 5.41) is 0. The first-order valence-electron chi connectivity index (χ1n) is 7.66. The molecule has 2 rings (SSSR count). The summed E-state index contributed by atoms with van der Waals surface area (Å²) in [6.45, 7) is 14.9. The largest absolute Gasteiger partial charge is 0.487 e. The maximum absolute atomic E-state index is 5.95. The predicted octanol–water partition coefficient (Wildman–Crippen LogP) is 4.63. The Bertz CT molecular complexity index is 505. The molecular weight excluding hydrogens is 259 g/mol. The lowest BCUT2D eigenvalue weighted by molar-refractivity contribution is 0.00578. The lowest BCUT2D eigenvalue weighted by Crippen LogP contribution is -2.41. The van der Waals surface area contributed by atoms with E-state index in [4.69, 9.17) is 9.31 Å². The Hall–Kier alpha value is -1.06. The molecule has 1 aromatic rings. The van der Waals surface area contributed by atoms with Gasteiger partial charge in [0.15, 0.2) is 0 Å². The molecule has 1 aliphatic heterocycles. The zero-order valence-electron chi connectivity index (χ0n) is 14.4.